The molecule has 1 heterocycles. The Labute approximate surface area is 162 Å². The zero-order chi connectivity index (χ0) is 19.2. The van der Waals surface area contributed by atoms with E-state index in [1.807, 2.05) is 31.2 Å². The van der Waals surface area contributed by atoms with Gasteiger partial charge in [0.15, 0.2) is 0 Å². The number of hydrogen-bond donors (Lipinski definition) is 3. The van der Waals surface area contributed by atoms with Gasteiger partial charge in [0, 0.05) is 29.1 Å². The summed E-state index contributed by atoms with van der Waals surface area (Å²) in [4.78, 5) is 37.4. The van der Waals surface area contributed by atoms with Gasteiger partial charge in [-0.15, -0.1) is 11.8 Å². The summed E-state index contributed by atoms with van der Waals surface area (Å²) in [6.07, 6.45) is 0.945. The van der Waals surface area contributed by atoms with Gasteiger partial charge in [0.1, 0.15) is 0 Å². The molecule has 6 nitrogen and oxygen atoms in total. The Morgan fingerprint density at radius 3 is 2.59 bits per heavy atom. The van der Waals surface area contributed by atoms with Crippen LogP contribution in [0.4, 0.5) is 11.4 Å². The molecule has 0 aliphatic carbocycles. The predicted octanol–water partition coefficient (Wildman–Crippen LogP) is 3.27. The SMILES string of the molecule is CCCNC(=O)c1ccc(NC(=O)CC2Sc3ccccc3NC2=O)cc1. The summed E-state index contributed by atoms with van der Waals surface area (Å²) >= 11 is 1.39. The van der Waals surface area contributed by atoms with Crippen molar-refractivity contribution in [3.05, 3.63) is 54.1 Å². The highest BCUT2D eigenvalue weighted by atomic mass is 32.2. The van der Waals surface area contributed by atoms with Gasteiger partial charge in [0.2, 0.25) is 11.8 Å². The lowest BCUT2D eigenvalue weighted by Gasteiger charge is -2.23. The van der Waals surface area contributed by atoms with Crippen LogP contribution in [0.2, 0.25) is 0 Å². The monoisotopic (exact) mass is 383 g/mol. The van der Waals surface area contributed by atoms with Gasteiger partial charge in [-0.1, -0.05) is 19.1 Å². The summed E-state index contributed by atoms with van der Waals surface area (Å²) in [6, 6.07) is 14.2. The van der Waals surface area contributed by atoms with E-state index in [0.29, 0.717) is 17.8 Å². The number of benzene rings is 2. The maximum Gasteiger partial charge on any atom is 0.251 e. The molecule has 0 radical (unpaired) electrons. The van der Waals surface area contributed by atoms with Crippen molar-refractivity contribution in [2.75, 3.05) is 17.2 Å². The highest BCUT2D eigenvalue weighted by Gasteiger charge is 2.28. The lowest BCUT2D eigenvalue weighted by molar-refractivity contribution is -0.120. The van der Waals surface area contributed by atoms with Crippen LogP contribution in [0.3, 0.4) is 0 Å². The van der Waals surface area contributed by atoms with Crippen molar-refractivity contribution in [3.8, 4) is 0 Å². The van der Waals surface area contributed by atoms with Crippen LogP contribution in [0.1, 0.15) is 30.1 Å². The number of thioether (sulfide) groups is 1. The largest absolute Gasteiger partial charge is 0.352 e. The van der Waals surface area contributed by atoms with E-state index in [1.54, 1.807) is 24.3 Å². The highest BCUT2D eigenvalue weighted by molar-refractivity contribution is 8.01. The molecule has 27 heavy (non-hydrogen) atoms. The molecule has 3 rings (SSSR count). The summed E-state index contributed by atoms with van der Waals surface area (Å²) in [5, 5.41) is 7.94. The van der Waals surface area contributed by atoms with Gasteiger partial charge in [-0.3, -0.25) is 14.4 Å². The second-order valence-electron chi connectivity index (χ2n) is 6.18. The molecule has 0 spiro atoms. The third kappa shape index (κ3) is 4.89. The van der Waals surface area contributed by atoms with Gasteiger partial charge in [-0.05, 0) is 42.8 Å². The maximum atomic E-state index is 12.3. The normalized spacial score (nSPS) is 15.4. The number of nitrogens with one attached hydrogen (secondary N) is 3. The molecule has 1 aliphatic heterocycles. The third-order valence-electron chi connectivity index (χ3n) is 4.04. The minimum absolute atomic E-state index is 0.0730. The first-order chi connectivity index (χ1) is 13.1. The fourth-order valence-electron chi connectivity index (χ4n) is 2.65. The van der Waals surface area contributed by atoms with Gasteiger partial charge in [-0.25, -0.2) is 0 Å². The van der Waals surface area contributed by atoms with E-state index in [2.05, 4.69) is 16.0 Å². The Kier molecular flexibility index (Phi) is 6.13. The molecule has 1 aliphatic rings. The molecule has 3 amide bonds. The molecule has 0 bridgehead atoms. The Morgan fingerprint density at radius 2 is 1.85 bits per heavy atom. The Balaban J connectivity index is 1.56. The van der Waals surface area contributed by atoms with Crippen LogP contribution < -0.4 is 16.0 Å². The van der Waals surface area contributed by atoms with Crippen molar-refractivity contribution in [2.24, 2.45) is 0 Å². The summed E-state index contributed by atoms with van der Waals surface area (Å²) < 4.78 is 0. The Bertz CT molecular complexity index is 852. The third-order valence-corrected chi connectivity index (χ3v) is 5.32. The molecule has 2 aromatic rings. The number of rotatable bonds is 6. The molecule has 0 aromatic heterocycles. The average Bonchev–Trinajstić information content (AvgIpc) is 2.67. The molecular weight excluding hydrogens is 362 g/mol. The number of carbonyl (C=O) groups excluding carboxylic acids is 3. The van der Waals surface area contributed by atoms with Crippen molar-refractivity contribution in [1.82, 2.24) is 5.32 Å². The summed E-state index contributed by atoms with van der Waals surface area (Å²) in [7, 11) is 0. The summed E-state index contributed by atoms with van der Waals surface area (Å²) in [5.74, 6) is -0.550. The standard InChI is InChI=1S/C20H21N3O3S/c1-2-11-21-19(25)13-7-9-14(10-8-13)22-18(24)12-17-20(26)23-15-5-3-4-6-16(15)27-17/h3-10,17H,2,11-12H2,1H3,(H,21,25)(H,22,24)(H,23,26). The van der Waals surface area contributed by atoms with E-state index in [1.165, 1.54) is 11.8 Å². The van der Waals surface area contributed by atoms with E-state index in [4.69, 9.17) is 0 Å². The van der Waals surface area contributed by atoms with Crippen LogP contribution in [-0.4, -0.2) is 29.5 Å². The van der Waals surface area contributed by atoms with E-state index in [9.17, 15) is 14.4 Å². The molecule has 1 atom stereocenters. The molecular formula is C20H21N3O3S. The smallest absolute Gasteiger partial charge is 0.251 e. The number of fused-ring (bicyclic) bond motifs is 1. The summed E-state index contributed by atoms with van der Waals surface area (Å²) in [6.45, 7) is 2.62. The van der Waals surface area contributed by atoms with Gasteiger partial charge in [0.05, 0.1) is 10.9 Å². The van der Waals surface area contributed by atoms with Crippen LogP contribution in [-0.2, 0) is 9.59 Å². The Morgan fingerprint density at radius 1 is 1.11 bits per heavy atom. The van der Waals surface area contributed by atoms with Gasteiger partial charge < -0.3 is 16.0 Å². The second-order valence-corrected chi connectivity index (χ2v) is 7.42. The fourth-order valence-corrected chi connectivity index (χ4v) is 3.76. The van der Waals surface area contributed by atoms with Crippen LogP contribution in [0.15, 0.2) is 53.4 Å². The molecule has 1 unspecified atom stereocenters. The van der Waals surface area contributed by atoms with Gasteiger partial charge in [-0.2, -0.15) is 0 Å². The first kappa shape index (κ1) is 19.0. The van der Waals surface area contributed by atoms with E-state index < -0.39 is 5.25 Å². The van der Waals surface area contributed by atoms with E-state index in [-0.39, 0.29) is 24.1 Å². The van der Waals surface area contributed by atoms with Crippen LogP contribution in [0.25, 0.3) is 0 Å². The van der Waals surface area contributed by atoms with E-state index in [0.717, 1.165) is 17.0 Å². The number of amides is 3. The fraction of sp³-hybridized carbons (Fsp3) is 0.250. The topological polar surface area (TPSA) is 87.3 Å². The van der Waals surface area contributed by atoms with Crippen LogP contribution >= 0.6 is 11.8 Å². The molecule has 0 fully saturated rings. The molecule has 2 aromatic carbocycles. The number of anilines is 2. The molecule has 140 valence electrons. The minimum atomic E-state index is -0.473. The number of hydrogen-bond acceptors (Lipinski definition) is 4. The van der Waals surface area contributed by atoms with Crippen molar-refractivity contribution in [2.45, 2.75) is 29.9 Å². The Hall–Kier alpha value is -2.80. The zero-order valence-corrected chi connectivity index (χ0v) is 15.8. The molecule has 3 N–H and O–H groups in total. The molecule has 0 saturated carbocycles. The van der Waals surface area contributed by atoms with E-state index >= 15 is 0 Å². The van der Waals surface area contributed by atoms with Crippen molar-refractivity contribution in [3.63, 3.8) is 0 Å². The lowest BCUT2D eigenvalue weighted by Crippen LogP contribution is -2.32. The molecule has 7 heteroatoms. The van der Waals surface area contributed by atoms with Gasteiger partial charge >= 0.3 is 0 Å². The second kappa shape index (κ2) is 8.73. The first-order valence-electron chi connectivity index (χ1n) is 8.81. The van der Waals surface area contributed by atoms with Crippen LogP contribution in [0.5, 0.6) is 0 Å². The summed E-state index contributed by atoms with van der Waals surface area (Å²) in [5.41, 5.74) is 1.91. The quantitative estimate of drug-likeness (QED) is 0.714. The predicted molar refractivity (Wildman–Crippen MR) is 107 cm³/mol. The minimum Gasteiger partial charge on any atom is -0.352 e. The van der Waals surface area contributed by atoms with Gasteiger partial charge in [0.25, 0.3) is 5.91 Å². The van der Waals surface area contributed by atoms with Crippen molar-refractivity contribution < 1.29 is 14.4 Å². The number of carbonyl (C=O) groups is 3. The first-order valence-corrected chi connectivity index (χ1v) is 9.69. The maximum absolute atomic E-state index is 12.3. The zero-order valence-electron chi connectivity index (χ0n) is 15.0. The number of para-hydroxylation sites is 1. The lowest BCUT2D eigenvalue weighted by atomic mass is 10.2. The van der Waals surface area contributed by atoms with Crippen LogP contribution in [0, 0.1) is 0 Å². The highest BCUT2D eigenvalue weighted by Crippen LogP contribution is 2.36. The molecule has 0 saturated heterocycles. The van der Waals surface area contributed by atoms with Crippen molar-refractivity contribution >= 4 is 40.9 Å². The van der Waals surface area contributed by atoms with Crippen molar-refractivity contribution in [1.29, 1.82) is 0 Å². The average molecular weight is 383 g/mol.